The van der Waals surface area contributed by atoms with Gasteiger partial charge in [0.25, 0.3) is 0 Å². The average molecular weight is 416 g/mol. The lowest BCUT2D eigenvalue weighted by Crippen LogP contribution is -2.65. The van der Waals surface area contributed by atoms with Gasteiger partial charge in [0.15, 0.2) is 12.6 Å². The molecule has 28 heavy (non-hydrogen) atoms. The summed E-state index contributed by atoms with van der Waals surface area (Å²) in [6, 6.07) is 0. The Morgan fingerprint density at radius 1 is 0.643 bits per heavy atom. The first-order valence-corrected chi connectivity index (χ1v) is 8.74. The van der Waals surface area contributed by atoms with Crippen molar-refractivity contribution in [1.82, 2.24) is 0 Å². The fourth-order valence-corrected chi connectivity index (χ4v) is 3.00. The second kappa shape index (κ2) is 10.5. The summed E-state index contributed by atoms with van der Waals surface area (Å²) in [5.74, 6) is 0. The van der Waals surface area contributed by atoms with Gasteiger partial charge in [-0.25, -0.2) is 0 Å². The molecule has 0 aromatic rings. The molecule has 0 aliphatic carbocycles. The fourth-order valence-electron chi connectivity index (χ4n) is 3.00. The van der Waals surface area contributed by atoms with E-state index in [-0.39, 0.29) is 0 Å². The van der Waals surface area contributed by atoms with Gasteiger partial charge >= 0.3 is 0 Å². The second-order valence-electron chi connectivity index (χ2n) is 6.63. The zero-order chi connectivity index (χ0) is 21.0. The Labute approximate surface area is 159 Å². The van der Waals surface area contributed by atoms with Gasteiger partial charge in [-0.3, -0.25) is 0 Å². The average Bonchev–Trinajstić information content (AvgIpc) is 2.70. The summed E-state index contributed by atoms with van der Waals surface area (Å²) in [4.78, 5) is 0. The molecule has 0 unspecified atom stereocenters. The Hall–Kier alpha value is -0.520. The lowest BCUT2D eigenvalue weighted by Gasteiger charge is -2.46. The van der Waals surface area contributed by atoms with Gasteiger partial charge in [0.2, 0.25) is 0 Å². The Bertz CT molecular complexity index is 459. The van der Waals surface area contributed by atoms with E-state index in [4.69, 9.17) is 29.2 Å². The third-order valence-electron chi connectivity index (χ3n) is 4.69. The van der Waals surface area contributed by atoms with E-state index < -0.39 is 93.9 Å². The van der Waals surface area contributed by atoms with E-state index in [0.29, 0.717) is 0 Å². The molecule has 0 amide bonds. The smallest absolute Gasteiger partial charge is 0.187 e. The van der Waals surface area contributed by atoms with Crippen LogP contribution in [0.1, 0.15) is 0 Å². The Morgan fingerprint density at radius 3 is 1.71 bits per heavy atom. The number of aliphatic hydroxyl groups is 9. The molecule has 13 nitrogen and oxygen atoms in total. The Balaban J connectivity index is 2.10. The number of hydrogen-bond acceptors (Lipinski definition) is 13. The van der Waals surface area contributed by atoms with Crippen LogP contribution in [0.25, 0.3) is 0 Å². The van der Waals surface area contributed by atoms with E-state index in [0.717, 1.165) is 0 Å². The molecule has 0 radical (unpaired) electrons. The molecule has 2 saturated heterocycles. The fraction of sp³-hybridized carbons (Fsp3) is 1.00. The summed E-state index contributed by atoms with van der Waals surface area (Å²) in [6.07, 6.45) is -16.8. The molecule has 0 spiro atoms. The molecule has 0 saturated carbocycles. The van der Waals surface area contributed by atoms with Crippen molar-refractivity contribution >= 4 is 0 Å². The lowest BCUT2D eigenvalue weighted by atomic mass is 9.97. The van der Waals surface area contributed by atoms with Crippen LogP contribution in [0.2, 0.25) is 0 Å². The molecule has 10 atom stereocenters. The summed E-state index contributed by atoms with van der Waals surface area (Å²) in [5.41, 5.74) is 0. The molecule has 0 aromatic carbocycles. The SMILES string of the molecule is OCC(CO)O[C@@H]1O[C@H](CO)[C@H](O[C@@H]2O[C@H](CO)[C@H](O)[C@H](O)[C@H]2O)[C@H](O)[C@H]1O. The summed E-state index contributed by atoms with van der Waals surface area (Å²) < 4.78 is 21.0. The number of rotatable bonds is 8. The summed E-state index contributed by atoms with van der Waals surface area (Å²) in [6.45, 7) is -2.59. The first kappa shape index (κ1) is 23.8. The van der Waals surface area contributed by atoms with Gasteiger partial charge in [-0.15, -0.1) is 0 Å². The standard InChI is InChI=1S/C15H28O13/c16-1-5(2-17)25-14-12(24)10(22)13(7(4-19)27-14)28-15-11(23)9(21)8(20)6(3-18)26-15/h5-24H,1-4H2/t6-,7-,8+,9+,10-,11-,12-,13+,14-,15+/m1/s1. The molecular weight excluding hydrogens is 388 g/mol. The maximum atomic E-state index is 10.4. The van der Waals surface area contributed by atoms with Gasteiger partial charge in [-0.1, -0.05) is 0 Å². The third kappa shape index (κ3) is 4.96. The van der Waals surface area contributed by atoms with Crippen LogP contribution >= 0.6 is 0 Å². The Kier molecular flexibility index (Phi) is 8.90. The summed E-state index contributed by atoms with van der Waals surface area (Å²) >= 11 is 0. The van der Waals surface area contributed by atoms with Gasteiger partial charge in [-0.05, 0) is 0 Å². The highest BCUT2D eigenvalue weighted by Crippen LogP contribution is 2.29. The zero-order valence-corrected chi connectivity index (χ0v) is 14.8. The molecule has 0 bridgehead atoms. The van der Waals surface area contributed by atoms with Gasteiger partial charge in [0.1, 0.15) is 54.9 Å². The minimum atomic E-state index is -1.76. The number of aliphatic hydroxyl groups excluding tert-OH is 9. The minimum absolute atomic E-state index is 0.590. The van der Waals surface area contributed by atoms with Gasteiger partial charge in [0, 0.05) is 0 Å². The molecule has 2 fully saturated rings. The molecule has 2 aliphatic heterocycles. The highest BCUT2D eigenvalue weighted by molar-refractivity contribution is 4.94. The van der Waals surface area contributed by atoms with Crippen LogP contribution in [0.4, 0.5) is 0 Å². The molecule has 2 rings (SSSR count). The predicted molar refractivity (Wildman–Crippen MR) is 85.4 cm³/mol. The van der Waals surface area contributed by atoms with E-state index in [1.165, 1.54) is 0 Å². The topological polar surface area (TPSA) is 219 Å². The molecular formula is C15H28O13. The second-order valence-corrected chi connectivity index (χ2v) is 6.63. The van der Waals surface area contributed by atoms with Crippen molar-refractivity contribution in [3.8, 4) is 0 Å². The lowest BCUT2D eigenvalue weighted by molar-refractivity contribution is -0.363. The van der Waals surface area contributed by atoms with Crippen molar-refractivity contribution in [3.05, 3.63) is 0 Å². The van der Waals surface area contributed by atoms with E-state index in [9.17, 15) is 35.7 Å². The van der Waals surface area contributed by atoms with Crippen molar-refractivity contribution in [1.29, 1.82) is 0 Å². The van der Waals surface area contributed by atoms with Crippen molar-refractivity contribution < 1.29 is 64.9 Å². The van der Waals surface area contributed by atoms with Crippen LogP contribution in [0.3, 0.4) is 0 Å². The predicted octanol–water partition coefficient (Wildman–Crippen LogP) is -6.02. The van der Waals surface area contributed by atoms with Crippen LogP contribution in [0, 0.1) is 0 Å². The van der Waals surface area contributed by atoms with Crippen LogP contribution in [0.15, 0.2) is 0 Å². The molecule has 9 N–H and O–H groups in total. The number of hydrogen-bond donors (Lipinski definition) is 9. The van der Waals surface area contributed by atoms with Crippen molar-refractivity contribution in [2.45, 2.75) is 67.5 Å². The van der Waals surface area contributed by atoms with Crippen LogP contribution in [-0.4, -0.2) is 140 Å². The highest BCUT2D eigenvalue weighted by atomic mass is 16.7. The highest BCUT2D eigenvalue weighted by Gasteiger charge is 2.50. The van der Waals surface area contributed by atoms with Crippen LogP contribution < -0.4 is 0 Å². The van der Waals surface area contributed by atoms with Gasteiger partial charge in [0.05, 0.1) is 26.4 Å². The van der Waals surface area contributed by atoms with E-state index in [1.807, 2.05) is 0 Å². The number of ether oxygens (including phenoxy) is 4. The summed E-state index contributed by atoms with van der Waals surface area (Å²) in [5, 5.41) is 87.0. The Morgan fingerprint density at radius 2 is 1.18 bits per heavy atom. The van der Waals surface area contributed by atoms with Crippen molar-refractivity contribution in [2.75, 3.05) is 26.4 Å². The van der Waals surface area contributed by atoms with Crippen molar-refractivity contribution in [3.63, 3.8) is 0 Å². The largest absolute Gasteiger partial charge is 0.394 e. The quantitative estimate of drug-likeness (QED) is 0.180. The van der Waals surface area contributed by atoms with Gasteiger partial charge < -0.3 is 64.9 Å². The van der Waals surface area contributed by atoms with Gasteiger partial charge in [-0.2, -0.15) is 0 Å². The van der Waals surface area contributed by atoms with Crippen LogP contribution in [-0.2, 0) is 18.9 Å². The first-order chi connectivity index (χ1) is 13.3. The summed E-state index contributed by atoms with van der Waals surface area (Å²) in [7, 11) is 0. The molecule has 2 heterocycles. The van der Waals surface area contributed by atoms with E-state index in [1.54, 1.807) is 0 Å². The molecule has 13 heteroatoms. The first-order valence-electron chi connectivity index (χ1n) is 8.74. The maximum Gasteiger partial charge on any atom is 0.187 e. The minimum Gasteiger partial charge on any atom is -0.394 e. The molecule has 166 valence electrons. The third-order valence-corrected chi connectivity index (χ3v) is 4.69. The maximum absolute atomic E-state index is 10.4. The van der Waals surface area contributed by atoms with E-state index >= 15 is 0 Å². The zero-order valence-electron chi connectivity index (χ0n) is 14.8. The normalized spacial score (nSPS) is 44.8. The molecule has 2 aliphatic rings. The van der Waals surface area contributed by atoms with E-state index in [2.05, 4.69) is 0 Å². The molecule has 0 aromatic heterocycles. The van der Waals surface area contributed by atoms with Crippen LogP contribution in [0.5, 0.6) is 0 Å². The monoisotopic (exact) mass is 416 g/mol. The van der Waals surface area contributed by atoms with Crippen molar-refractivity contribution in [2.24, 2.45) is 0 Å².